The molecule has 25 heavy (non-hydrogen) atoms. The van der Waals surface area contributed by atoms with Gasteiger partial charge in [0.05, 0.1) is 17.5 Å². The Morgan fingerprint density at radius 1 is 1.32 bits per heavy atom. The highest BCUT2D eigenvalue weighted by molar-refractivity contribution is 7.13. The molecule has 0 saturated carbocycles. The van der Waals surface area contributed by atoms with Crippen LogP contribution in [0, 0.1) is 0 Å². The van der Waals surface area contributed by atoms with Gasteiger partial charge in [-0.2, -0.15) is 0 Å². The van der Waals surface area contributed by atoms with Crippen molar-refractivity contribution >= 4 is 17.2 Å². The minimum Gasteiger partial charge on any atom is -0.493 e. The number of carbonyl (C=O) groups excluding carboxylic acids is 1. The molecule has 1 aliphatic rings. The van der Waals surface area contributed by atoms with E-state index in [1.165, 1.54) is 15.9 Å². The summed E-state index contributed by atoms with van der Waals surface area (Å²) in [5.74, 6) is 0.221. The van der Waals surface area contributed by atoms with Gasteiger partial charge in [0, 0.05) is 12.0 Å². The molecular weight excluding hydrogens is 342 g/mol. The van der Waals surface area contributed by atoms with E-state index in [1.807, 2.05) is 41.8 Å². The molecule has 3 heterocycles. The number of fused-ring (bicyclic) bond motifs is 1. The zero-order valence-corrected chi connectivity index (χ0v) is 14.0. The first-order chi connectivity index (χ1) is 12.2. The number of para-hydroxylation sites is 1. The van der Waals surface area contributed by atoms with Crippen molar-refractivity contribution in [2.45, 2.75) is 19.0 Å². The topological polar surface area (TPSA) is 86.4 Å². The van der Waals surface area contributed by atoms with Crippen LogP contribution in [-0.2, 0) is 11.3 Å². The summed E-state index contributed by atoms with van der Waals surface area (Å²) in [6.45, 7) is 0.394. The standard InChI is InChI=1S/C17H15N3O4S/c21-15(18-12-7-8-23-13-5-2-1-4-11(12)13)10-20-16(19-24-17(20)22)14-6-3-9-25-14/h1-6,9,12H,7-8,10H2,(H,18,21). The molecule has 7 nitrogen and oxygen atoms in total. The summed E-state index contributed by atoms with van der Waals surface area (Å²) in [6, 6.07) is 11.2. The van der Waals surface area contributed by atoms with E-state index < -0.39 is 5.76 Å². The van der Waals surface area contributed by atoms with E-state index in [9.17, 15) is 9.59 Å². The Hall–Kier alpha value is -2.87. The lowest BCUT2D eigenvalue weighted by Gasteiger charge is -2.26. The highest BCUT2D eigenvalue weighted by atomic mass is 32.1. The van der Waals surface area contributed by atoms with E-state index in [-0.39, 0.29) is 18.5 Å². The minimum atomic E-state index is -0.647. The molecule has 1 amide bonds. The lowest BCUT2D eigenvalue weighted by atomic mass is 10.0. The monoisotopic (exact) mass is 357 g/mol. The van der Waals surface area contributed by atoms with Gasteiger partial charge in [0.2, 0.25) is 5.91 Å². The zero-order chi connectivity index (χ0) is 17.2. The first-order valence-electron chi connectivity index (χ1n) is 7.84. The first kappa shape index (κ1) is 15.6. The predicted octanol–water partition coefficient (Wildman–Crippen LogP) is 2.20. The maximum atomic E-state index is 12.5. The van der Waals surface area contributed by atoms with Crippen LogP contribution in [0.4, 0.5) is 0 Å². The van der Waals surface area contributed by atoms with Crippen LogP contribution in [0.2, 0.25) is 0 Å². The molecule has 0 saturated heterocycles. The van der Waals surface area contributed by atoms with Gasteiger partial charge in [-0.3, -0.25) is 9.32 Å². The summed E-state index contributed by atoms with van der Waals surface area (Å²) in [7, 11) is 0. The molecule has 0 aliphatic carbocycles. The van der Waals surface area contributed by atoms with Gasteiger partial charge < -0.3 is 10.1 Å². The molecule has 0 bridgehead atoms. The van der Waals surface area contributed by atoms with Crippen LogP contribution in [0.5, 0.6) is 5.75 Å². The second kappa shape index (κ2) is 6.56. The van der Waals surface area contributed by atoms with Crippen molar-refractivity contribution in [1.82, 2.24) is 15.0 Å². The van der Waals surface area contributed by atoms with Crippen molar-refractivity contribution in [2.75, 3.05) is 6.61 Å². The van der Waals surface area contributed by atoms with Crippen molar-refractivity contribution in [3.63, 3.8) is 0 Å². The maximum absolute atomic E-state index is 12.5. The predicted molar refractivity (Wildman–Crippen MR) is 91.5 cm³/mol. The lowest BCUT2D eigenvalue weighted by Crippen LogP contribution is -2.36. The lowest BCUT2D eigenvalue weighted by molar-refractivity contribution is -0.122. The molecule has 2 aromatic heterocycles. The number of nitrogens with one attached hydrogen (secondary N) is 1. The molecule has 0 fully saturated rings. The minimum absolute atomic E-state index is 0.141. The number of carbonyl (C=O) groups is 1. The SMILES string of the molecule is O=C(Cn1c(-c2cccs2)noc1=O)NC1CCOc2ccccc21. The Kier molecular flexibility index (Phi) is 4.10. The van der Waals surface area contributed by atoms with Gasteiger partial charge in [0.1, 0.15) is 12.3 Å². The van der Waals surface area contributed by atoms with Crippen molar-refractivity contribution in [3.8, 4) is 16.5 Å². The molecule has 0 radical (unpaired) electrons. The van der Waals surface area contributed by atoms with Crippen molar-refractivity contribution in [2.24, 2.45) is 0 Å². The number of thiophene rings is 1. The van der Waals surface area contributed by atoms with Gasteiger partial charge in [-0.1, -0.05) is 29.4 Å². The second-order valence-electron chi connectivity index (χ2n) is 5.63. The van der Waals surface area contributed by atoms with E-state index in [1.54, 1.807) is 0 Å². The van der Waals surface area contributed by atoms with Crippen LogP contribution in [0.15, 0.2) is 51.1 Å². The third kappa shape index (κ3) is 3.08. The van der Waals surface area contributed by atoms with E-state index >= 15 is 0 Å². The molecule has 3 aromatic rings. The maximum Gasteiger partial charge on any atom is 0.442 e. The van der Waals surface area contributed by atoms with Crippen LogP contribution < -0.4 is 15.8 Å². The molecule has 128 valence electrons. The normalized spacial score (nSPS) is 16.1. The summed E-state index contributed by atoms with van der Waals surface area (Å²) >= 11 is 1.43. The summed E-state index contributed by atoms with van der Waals surface area (Å²) in [6.07, 6.45) is 0.680. The summed E-state index contributed by atoms with van der Waals surface area (Å²) in [5.41, 5.74) is 0.943. The Labute approximate surface area is 146 Å². The van der Waals surface area contributed by atoms with Crippen LogP contribution in [-0.4, -0.2) is 22.2 Å². The van der Waals surface area contributed by atoms with Gasteiger partial charge in [-0.05, 0) is 17.5 Å². The second-order valence-corrected chi connectivity index (χ2v) is 6.58. The fraction of sp³-hybridized carbons (Fsp3) is 0.235. The summed E-state index contributed by atoms with van der Waals surface area (Å²) < 4.78 is 11.6. The van der Waals surface area contributed by atoms with Crippen molar-refractivity contribution in [3.05, 3.63) is 57.9 Å². The van der Waals surface area contributed by atoms with Crippen molar-refractivity contribution < 1.29 is 14.1 Å². The van der Waals surface area contributed by atoms with E-state index in [2.05, 4.69) is 10.5 Å². The van der Waals surface area contributed by atoms with Crippen LogP contribution >= 0.6 is 11.3 Å². The molecule has 0 spiro atoms. The largest absolute Gasteiger partial charge is 0.493 e. The number of rotatable bonds is 4. The average Bonchev–Trinajstić information content (AvgIpc) is 3.26. The summed E-state index contributed by atoms with van der Waals surface area (Å²) in [4.78, 5) is 25.2. The quantitative estimate of drug-likeness (QED) is 0.774. The molecule has 4 rings (SSSR count). The number of hydrogen-bond acceptors (Lipinski definition) is 6. The molecule has 1 unspecified atom stereocenters. The van der Waals surface area contributed by atoms with Gasteiger partial charge in [-0.25, -0.2) is 9.36 Å². The fourth-order valence-electron chi connectivity index (χ4n) is 2.87. The van der Waals surface area contributed by atoms with Gasteiger partial charge in [0.15, 0.2) is 5.82 Å². The number of aromatic nitrogens is 2. The third-order valence-corrected chi connectivity index (χ3v) is 4.89. The Morgan fingerprint density at radius 2 is 2.20 bits per heavy atom. The molecule has 1 aliphatic heterocycles. The van der Waals surface area contributed by atoms with E-state index in [0.717, 1.165) is 16.2 Å². The molecule has 1 aromatic carbocycles. The Morgan fingerprint density at radius 3 is 3.04 bits per heavy atom. The van der Waals surface area contributed by atoms with Crippen LogP contribution in [0.25, 0.3) is 10.7 Å². The Bertz CT molecular complexity index is 945. The highest BCUT2D eigenvalue weighted by Crippen LogP contribution is 2.31. The van der Waals surface area contributed by atoms with E-state index in [4.69, 9.17) is 9.26 Å². The molecule has 8 heteroatoms. The fourth-order valence-corrected chi connectivity index (χ4v) is 3.58. The number of hydrogen-bond donors (Lipinski definition) is 1. The molecule has 1 N–H and O–H groups in total. The molecular formula is C17H15N3O4S. The summed E-state index contributed by atoms with van der Waals surface area (Å²) in [5, 5.41) is 8.62. The third-order valence-electron chi connectivity index (χ3n) is 4.02. The average molecular weight is 357 g/mol. The van der Waals surface area contributed by atoms with Gasteiger partial charge in [-0.15, -0.1) is 11.3 Å². The van der Waals surface area contributed by atoms with Gasteiger partial charge in [0.25, 0.3) is 0 Å². The van der Waals surface area contributed by atoms with E-state index in [0.29, 0.717) is 18.9 Å². The Balaban J connectivity index is 1.53. The number of amides is 1. The van der Waals surface area contributed by atoms with Crippen LogP contribution in [0.3, 0.4) is 0 Å². The highest BCUT2D eigenvalue weighted by Gasteiger charge is 2.24. The van der Waals surface area contributed by atoms with Crippen molar-refractivity contribution in [1.29, 1.82) is 0 Å². The zero-order valence-electron chi connectivity index (χ0n) is 13.2. The smallest absolute Gasteiger partial charge is 0.442 e. The van der Waals surface area contributed by atoms with Gasteiger partial charge >= 0.3 is 5.76 Å². The number of benzene rings is 1. The number of nitrogens with zero attached hydrogens (tertiary/aromatic N) is 2. The van der Waals surface area contributed by atoms with Crippen LogP contribution in [0.1, 0.15) is 18.0 Å². The first-order valence-corrected chi connectivity index (χ1v) is 8.72. The number of ether oxygens (including phenoxy) is 1. The molecule has 1 atom stereocenters.